The van der Waals surface area contributed by atoms with Gasteiger partial charge in [0.15, 0.2) is 28.8 Å². The van der Waals surface area contributed by atoms with Gasteiger partial charge in [-0.3, -0.25) is 24.0 Å². The Labute approximate surface area is 213 Å². The van der Waals surface area contributed by atoms with Crippen LogP contribution in [0.2, 0.25) is 0 Å². The third kappa shape index (κ3) is 7.73. The number of benzene rings is 2. The summed E-state index contributed by atoms with van der Waals surface area (Å²) in [5.41, 5.74) is 2.31. The maximum Gasteiger partial charge on any atom is 0.308 e. The van der Waals surface area contributed by atoms with E-state index >= 15 is 0 Å². The maximum absolute atomic E-state index is 13.2. The van der Waals surface area contributed by atoms with E-state index in [0.29, 0.717) is 35.1 Å². The minimum Gasteiger partial charge on any atom is -0.423 e. The summed E-state index contributed by atoms with van der Waals surface area (Å²) in [7, 11) is 0. The zero-order valence-electron chi connectivity index (χ0n) is 20.9. The van der Waals surface area contributed by atoms with Gasteiger partial charge < -0.3 is 18.9 Å². The average molecular weight is 507 g/mol. The lowest BCUT2D eigenvalue weighted by Gasteiger charge is -2.17. The number of allylic oxidation sites excluding steroid dienone is 2. The van der Waals surface area contributed by atoms with E-state index in [1.54, 1.807) is 24.3 Å². The highest BCUT2D eigenvalue weighted by molar-refractivity contribution is 6.14. The fourth-order valence-electron chi connectivity index (χ4n) is 3.76. The van der Waals surface area contributed by atoms with Crippen LogP contribution < -0.4 is 18.9 Å². The van der Waals surface area contributed by atoms with Gasteiger partial charge in [0.25, 0.3) is 0 Å². The molecule has 1 aliphatic carbocycles. The highest BCUT2D eigenvalue weighted by atomic mass is 16.6. The second-order valence-electron chi connectivity index (χ2n) is 8.31. The Kier molecular flexibility index (Phi) is 8.73. The summed E-state index contributed by atoms with van der Waals surface area (Å²) in [6.45, 7) is 4.94. The van der Waals surface area contributed by atoms with Crippen LogP contribution in [0.4, 0.5) is 0 Å². The molecule has 37 heavy (non-hydrogen) atoms. The van der Waals surface area contributed by atoms with Gasteiger partial charge in [0.05, 0.1) is 0 Å². The monoisotopic (exact) mass is 506 g/mol. The topological polar surface area (TPSA) is 122 Å². The molecule has 1 fully saturated rings. The molecular formula is C28H26O9. The molecule has 192 valence electrons. The lowest BCUT2D eigenvalue weighted by Crippen LogP contribution is -2.12. The molecule has 0 unspecified atom stereocenters. The first kappa shape index (κ1) is 27.1. The molecular weight excluding hydrogens is 480 g/mol. The number of hydrogen-bond donors (Lipinski definition) is 0. The number of ether oxygens (including phenoxy) is 4. The van der Waals surface area contributed by atoms with Crippen molar-refractivity contribution in [3.8, 4) is 23.0 Å². The van der Waals surface area contributed by atoms with E-state index in [-0.39, 0.29) is 28.8 Å². The van der Waals surface area contributed by atoms with E-state index < -0.39 is 23.9 Å². The highest BCUT2D eigenvalue weighted by Crippen LogP contribution is 2.34. The molecule has 0 atom stereocenters. The van der Waals surface area contributed by atoms with E-state index in [1.165, 1.54) is 52.0 Å². The van der Waals surface area contributed by atoms with Crippen LogP contribution in [0.15, 0.2) is 47.5 Å². The zero-order chi connectivity index (χ0) is 27.1. The third-order valence-electron chi connectivity index (χ3n) is 5.11. The molecule has 2 aromatic rings. The summed E-state index contributed by atoms with van der Waals surface area (Å²) in [5.74, 6) is -2.09. The van der Waals surface area contributed by atoms with Crippen LogP contribution in [0.3, 0.4) is 0 Å². The fourth-order valence-corrected chi connectivity index (χ4v) is 3.76. The van der Waals surface area contributed by atoms with Gasteiger partial charge in [0, 0.05) is 38.8 Å². The molecule has 0 heterocycles. The largest absolute Gasteiger partial charge is 0.423 e. The predicted octanol–water partition coefficient (Wildman–Crippen LogP) is 4.61. The van der Waals surface area contributed by atoms with Crippen molar-refractivity contribution < 1.29 is 42.9 Å². The van der Waals surface area contributed by atoms with Crippen molar-refractivity contribution in [2.75, 3.05) is 0 Å². The SMILES string of the molecule is CC(=O)Oc1ccc(/C=C2\CCC/C(=C\c3ccc(OC(C)=O)c(OC(C)=O)c3)C2=O)cc1OC(C)=O. The molecule has 0 N–H and O–H groups in total. The summed E-state index contributed by atoms with van der Waals surface area (Å²) in [6.07, 6.45) is 5.24. The first-order chi connectivity index (χ1) is 17.5. The number of rotatable bonds is 6. The van der Waals surface area contributed by atoms with Crippen LogP contribution in [0.1, 0.15) is 58.1 Å². The Bertz CT molecular complexity index is 1230. The van der Waals surface area contributed by atoms with Crippen LogP contribution in [0.25, 0.3) is 12.2 Å². The van der Waals surface area contributed by atoms with E-state index in [1.807, 2.05) is 0 Å². The highest BCUT2D eigenvalue weighted by Gasteiger charge is 2.21. The van der Waals surface area contributed by atoms with Gasteiger partial charge in [-0.05, 0) is 66.8 Å². The number of Topliss-reactive ketones (excluding diaryl/α,β-unsaturated/α-hetero) is 1. The van der Waals surface area contributed by atoms with Crippen LogP contribution in [0.5, 0.6) is 23.0 Å². The van der Waals surface area contributed by atoms with Crippen molar-refractivity contribution in [1.29, 1.82) is 0 Å². The molecule has 0 saturated heterocycles. The summed E-state index contributed by atoms with van der Waals surface area (Å²) in [5, 5.41) is 0. The molecule has 3 rings (SSSR count). The molecule has 9 nitrogen and oxygen atoms in total. The average Bonchev–Trinajstić information content (AvgIpc) is 2.78. The van der Waals surface area contributed by atoms with Gasteiger partial charge in [-0.25, -0.2) is 0 Å². The summed E-state index contributed by atoms with van der Waals surface area (Å²) in [6, 6.07) is 9.36. The second kappa shape index (κ2) is 11.9. The van der Waals surface area contributed by atoms with Crippen molar-refractivity contribution >= 4 is 41.8 Å². The Morgan fingerprint density at radius 2 is 0.946 bits per heavy atom. The minimum atomic E-state index is -0.579. The summed E-state index contributed by atoms with van der Waals surface area (Å²) >= 11 is 0. The van der Waals surface area contributed by atoms with Crippen LogP contribution in [-0.4, -0.2) is 29.7 Å². The van der Waals surface area contributed by atoms with Crippen molar-refractivity contribution in [3.63, 3.8) is 0 Å². The molecule has 0 amide bonds. The van der Waals surface area contributed by atoms with Crippen molar-refractivity contribution in [2.24, 2.45) is 0 Å². The normalized spacial score (nSPS) is 15.3. The first-order valence-corrected chi connectivity index (χ1v) is 11.5. The Morgan fingerprint density at radius 1 is 0.595 bits per heavy atom. The number of esters is 4. The fraction of sp³-hybridized carbons (Fsp3) is 0.250. The van der Waals surface area contributed by atoms with Crippen LogP contribution in [0, 0.1) is 0 Å². The number of hydrogen-bond acceptors (Lipinski definition) is 9. The predicted molar refractivity (Wildman–Crippen MR) is 133 cm³/mol. The van der Waals surface area contributed by atoms with Gasteiger partial charge >= 0.3 is 23.9 Å². The first-order valence-electron chi connectivity index (χ1n) is 11.5. The van der Waals surface area contributed by atoms with Gasteiger partial charge in [-0.2, -0.15) is 0 Å². The maximum atomic E-state index is 13.2. The van der Waals surface area contributed by atoms with Crippen molar-refractivity contribution in [3.05, 3.63) is 58.7 Å². The Hall–Kier alpha value is -4.53. The third-order valence-corrected chi connectivity index (χ3v) is 5.11. The van der Waals surface area contributed by atoms with Gasteiger partial charge in [0.1, 0.15) is 0 Å². The Balaban J connectivity index is 1.91. The quantitative estimate of drug-likeness (QED) is 0.314. The summed E-state index contributed by atoms with van der Waals surface area (Å²) in [4.78, 5) is 58.9. The lowest BCUT2D eigenvalue weighted by molar-refractivity contribution is -0.134. The van der Waals surface area contributed by atoms with Gasteiger partial charge in [0.2, 0.25) is 0 Å². The summed E-state index contributed by atoms with van der Waals surface area (Å²) < 4.78 is 20.5. The lowest BCUT2D eigenvalue weighted by atomic mass is 9.87. The minimum absolute atomic E-state index is 0.0712. The molecule has 1 aliphatic rings. The Morgan fingerprint density at radius 3 is 1.30 bits per heavy atom. The van der Waals surface area contributed by atoms with Crippen LogP contribution >= 0.6 is 0 Å². The molecule has 0 radical (unpaired) electrons. The van der Waals surface area contributed by atoms with Crippen LogP contribution in [-0.2, 0) is 24.0 Å². The molecule has 2 aromatic carbocycles. The zero-order valence-corrected chi connectivity index (χ0v) is 20.9. The van der Waals surface area contributed by atoms with E-state index in [4.69, 9.17) is 18.9 Å². The van der Waals surface area contributed by atoms with E-state index in [0.717, 1.165) is 6.42 Å². The van der Waals surface area contributed by atoms with Crippen molar-refractivity contribution in [2.45, 2.75) is 47.0 Å². The number of carbonyl (C=O) groups is 5. The smallest absolute Gasteiger partial charge is 0.308 e. The van der Waals surface area contributed by atoms with Gasteiger partial charge in [-0.1, -0.05) is 12.1 Å². The molecule has 0 spiro atoms. The molecule has 9 heteroatoms. The standard InChI is InChI=1S/C28H26O9/c1-16(29)34-24-10-8-20(14-26(24)36-18(3)31)12-22-6-5-7-23(28(22)33)13-21-9-11-25(35-17(2)30)27(15-21)37-19(4)32/h8-15H,5-7H2,1-4H3/b22-12+,23-13+. The molecule has 1 saturated carbocycles. The van der Waals surface area contributed by atoms with Gasteiger partial charge in [-0.15, -0.1) is 0 Å². The molecule has 0 aromatic heterocycles. The van der Waals surface area contributed by atoms with Crippen molar-refractivity contribution in [1.82, 2.24) is 0 Å². The molecule has 0 aliphatic heterocycles. The second-order valence-corrected chi connectivity index (χ2v) is 8.31. The van der Waals surface area contributed by atoms with E-state index in [2.05, 4.69) is 0 Å². The number of ketones is 1. The van der Waals surface area contributed by atoms with E-state index in [9.17, 15) is 24.0 Å². The number of carbonyl (C=O) groups excluding carboxylic acids is 5. The molecule has 0 bridgehead atoms.